The molecule has 0 saturated heterocycles. The SMILES string of the molecule is NC(=O)C(=Cc1cccs1)C(N)=O. The quantitative estimate of drug-likeness (QED) is 0.408. The third-order valence-electron chi connectivity index (χ3n) is 1.36. The van der Waals surface area contributed by atoms with Crippen molar-refractivity contribution in [3.05, 3.63) is 28.0 Å². The van der Waals surface area contributed by atoms with E-state index in [9.17, 15) is 9.59 Å². The van der Waals surface area contributed by atoms with Gasteiger partial charge in [-0.2, -0.15) is 0 Å². The van der Waals surface area contributed by atoms with Crippen LogP contribution in [0.25, 0.3) is 6.08 Å². The lowest BCUT2D eigenvalue weighted by Crippen LogP contribution is -2.25. The van der Waals surface area contributed by atoms with Crippen molar-refractivity contribution >= 4 is 29.2 Å². The van der Waals surface area contributed by atoms with E-state index in [0.29, 0.717) is 0 Å². The van der Waals surface area contributed by atoms with Gasteiger partial charge in [-0.05, 0) is 17.5 Å². The van der Waals surface area contributed by atoms with Gasteiger partial charge in [0, 0.05) is 4.88 Å². The van der Waals surface area contributed by atoms with Crippen LogP contribution < -0.4 is 11.5 Å². The molecule has 1 aromatic rings. The van der Waals surface area contributed by atoms with Crippen LogP contribution in [0.3, 0.4) is 0 Å². The van der Waals surface area contributed by atoms with Gasteiger partial charge in [-0.1, -0.05) is 6.07 Å². The molecule has 0 aliphatic heterocycles. The highest BCUT2D eigenvalue weighted by Crippen LogP contribution is 2.12. The summed E-state index contributed by atoms with van der Waals surface area (Å²) in [6.07, 6.45) is 1.38. The van der Waals surface area contributed by atoms with Crippen LogP contribution in [-0.2, 0) is 9.59 Å². The minimum absolute atomic E-state index is 0.178. The first kappa shape index (κ1) is 9.47. The van der Waals surface area contributed by atoms with Crippen LogP contribution in [0.1, 0.15) is 4.88 Å². The molecule has 0 aromatic carbocycles. The van der Waals surface area contributed by atoms with Gasteiger partial charge in [-0.25, -0.2) is 0 Å². The fraction of sp³-hybridized carbons (Fsp3) is 0. The monoisotopic (exact) mass is 196 g/mol. The number of carbonyl (C=O) groups is 2. The Kier molecular flexibility index (Phi) is 2.81. The molecule has 0 aliphatic carbocycles. The molecule has 0 aliphatic rings. The molecular weight excluding hydrogens is 188 g/mol. The Hall–Kier alpha value is -1.62. The molecule has 0 unspecified atom stereocenters. The minimum Gasteiger partial charge on any atom is -0.365 e. The van der Waals surface area contributed by atoms with E-state index in [4.69, 9.17) is 11.5 Å². The number of hydrogen-bond acceptors (Lipinski definition) is 3. The Balaban J connectivity index is 3.01. The second-order valence-corrected chi connectivity index (χ2v) is 3.28. The number of primary amides is 2. The molecule has 0 bridgehead atoms. The predicted octanol–water partition coefficient (Wildman–Crippen LogP) is 0.102. The van der Waals surface area contributed by atoms with Gasteiger partial charge in [-0.3, -0.25) is 9.59 Å². The second-order valence-electron chi connectivity index (χ2n) is 2.30. The molecule has 1 rings (SSSR count). The maximum Gasteiger partial charge on any atom is 0.254 e. The average Bonchev–Trinajstić information content (AvgIpc) is 2.50. The fourth-order valence-corrected chi connectivity index (χ4v) is 1.44. The third-order valence-corrected chi connectivity index (χ3v) is 2.18. The van der Waals surface area contributed by atoms with Crippen LogP contribution in [0, 0.1) is 0 Å². The van der Waals surface area contributed by atoms with Gasteiger partial charge in [0.25, 0.3) is 11.8 Å². The van der Waals surface area contributed by atoms with Crippen molar-refractivity contribution in [3.8, 4) is 0 Å². The molecule has 68 valence electrons. The summed E-state index contributed by atoms with van der Waals surface area (Å²) < 4.78 is 0. The molecule has 13 heavy (non-hydrogen) atoms. The number of rotatable bonds is 3. The van der Waals surface area contributed by atoms with Crippen LogP contribution in [0.5, 0.6) is 0 Å². The van der Waals surface area contributed by atoms with Gasteiger partial charge in [-0.15, -0.1) is 11.3 Å². The van der Waals surface area contributed by atoms with E-state index in [1.165, 1.54) is 17.4 Å². The van der Waals surface area contributed by atoms with Gasteiger partial charge >= 0.3 is 0 Å². The number of nitrogens with two attached hydrogens (primary N) is 2. The first-order chi connectivity index (χ1) is 6.11. The van der Waals surface area contributed by atoms with Crippen molar-refractivity contribution in [1.29, 1.82) is 0 Å². The lowest BCUT2D eigenvalue weighted by atomic mass is 10.2. The lowest BCUT2D eigenvalue weighted by molar-refractivity contribution is -0.120. The van der Waals surface area contributed by atoms with E-state index in [1.807, 2.05) is 5.38 Å². The van der Waals surface area contributed by atoms with Gasteiger partial charge in [0.05, 0.1) is 0 Å². The maximum atomic E-state index is 10.7. The van der Waals surface area contributed by atoms with Crippen molar-refractivity contribution in [1.82, 2.24) is 0 Å². The summed E-state index contributed by atoms with van der Waals surface area (Å²) in [6, 6.07) is 3.56. The molecule has 0 spiro atoms. The van der Waals surface area contributed by atoms with Crippen molar-refractivity contribution < 1.29 is 9.59 Å². The molecule has 0 saturated carbocycles. The second kappa shape index (κ2) is 3.86. The Morgan fingerprint density at radius 3 is 2.31 bits per heavy atom. The van der Waals surface area contributed by atoms with Gasteiger partial charge < -0.3 is 11.5 Å². The van der Waals surface area contributed by atoms with E-state index >= 15 is 0 Å². The van der Waals surface area contributed by atoms with Gasteiger partial charge in [0.2, 0.25) is 0 Å². The summed E-state index contributed by atoms with van der Waals surface area (Å²) in [5, 5.41) is 1.82. The molecule has 0 atom stereocenters. The van der Waals surface area contributed by atoms with Crippen LogP contribution >= 0.6 is 11.3 Å². The average molecular weight is 196 g/mol. The van der Waals surface area contributed by atoms with E-state index in [2.05, 4.69) is 0 Å². The molecule has 0 radical (unpaired) electrons. The molecule has 4 nitrogen and oxygen atoms in total. The Morgan fingerprint density at radius 1 is 1.31 bits per heavy atom. The van der Waals surface area contributed by atoms with Crippen LogP contribution in [0.4, 0.5) is 0 Å². The van der Waals surface area contributed by atoms with Gasteiger partial charge in [0.15, 0.2) is 0 Å². The first-order valence-electron chi connectivity index (χ1n) is 3.46. The topological polar surface area (TPSA) is 86.2 Å². The highest BCUT2D eigenvalue weighted by Gasteiger charge is 2.11. The number of hydrogen-bond donors (Lipinski definition) is 2. The first-order valence-corrected chi connectivity index (χ1v) is 4.34. The van der Waals surface area contributed by atoms with Crippen LogP contribution in [0.15, 0.2) is 23.1 Å². The molecule has 1 heterocycles. The third kappa shape index (κ3) is 2.41. The molecule has 0 fully saturated rings. The fourth-order valence-electron chi connectivity index (χ4n) is 0.779. The standard InChI is InChI=1S/C8H8N2O2S/c9-7(11)6(8(10)12)4-5-2-1-3-13-5/h1-4H,(H2,9,11)(H2,10,12). The number of carbonyl (C=O) groups excluding carboxylic acids is 2. The van der Waals surface area contributed by atoms with Crippen molar-refractivity contribution in [2.45, 2.75) is 0 Å². The van der Waals surface area contributed by atoms with E-state index in [0.717, 1.165) is 4.88 Å². The summed E-state index contributed by atoms with van der Waals surface area (Å²) in [7, 11) is 0. The predicted molar refractivity (Wildman–Crippen MR) is 50.7 cm³/mol. The zero-order valence-electron chi connectivity index (χ0n) is 6.69. The molecule has 4 N–H and O–H groups in total. The summed E-state index contributed by atoms with van der Waals surface area (Å²) in [5.41, 5.74) is 9.72. The zero-order valence-corrected chi connectivity index (χ0v) is 7.51. The highest BCUT2D eigenvalue weighted by molar-refractivity contribution is 7.10. The summed E-state index contributed by atoms with van der Waals surface area (Å²) in [4.78, 5) is 22.2. The normalized spacial score (nSPS) is 9.23. The summed E-state index contributed by atoms with van der Waals surface area (Å²) >= 11 is 1.39. The maximum absolute atomic E-state index is 10.7. The lowest BCUT2D eigenvalue weighted by Gasteiger charge is -1.95. The molecule has 5 heteroatoms. The summed E-state index contributed by atoms with van der Waals surface area (Å²) in [6.45, 7) is 0. The minimum atomic E-state index is -0.805. The zero-order chi connectivity index (χ0) is 9.84. The van der Waals surface area contributed by atoms with E-state index < -0.39 is 11.8 Å². The van der Waals surface area contributed by atoms with Crippen molar-refractivity contribution in [2.75, 3.05) is 0 Å². The Bertz CT molecular complexity index is 338. The van der Waals surface area contributed by atoms with Crippen LogP contribution in [0.2, 0.25) is 0 Å². The van der Waals surface area contributed by atoms with E-state index in [-0.39, 0.29) is 5.57 Å². The smallest absolute Gasteiger partial charge is 0.254 e. The van der Waals surface area contributed by atoms with Crippen molar-refractivity contribution in [2.24, 2.45) is 11.5 Å². The highest BCUT2D eigenvalue weighted by atomic mass is 32.1. The Morgan fingerprint density at radius 2 is 1.92 bits per heavy atom. The molecular formula is C8H8N2O2S. The number of amides is 2. The van der Waals surface area contributed by atoms with Crippen molar-refractivity contribution in [3.63, 3.8) is 0 Å². The van der Waals surface area contributed by atoms with Gasteiger partial charge in [0.1, 0.15) is 5.57 Å². The Labute approximate surface area is 78.8 Å². The molecule has 1 aromatic heterocycles. The van der Waals surface area contributed by atoms with Crippen LogP contribution in [-0.4, -0.2) is 11.8 Å². The van der Waals surface area contributed by atoms with E-state index in [1.54, 1.807) is 12.1 Å². The number of thiophene rings is 1. The summed E-state index contributed by atoms with van der Waals surface area (Å²) in [5.74, 6) is -1.61. The molecule has 2 amide bonds. The largest absolute Gasteiger partial charge is 0.365 e.